The first-order valence-electron chi connectivity index (χ1n) is 7.74. The molecule has 0 aromatic heterocycles. The molecule has 138 valence electrons. The number of carbonyl (C=O) groups is 2. The van der Waals surface area contributed by atoms with E-state index in [0.717, 1.165) is 4.47 Å². The number of methoxy groups -OCH3 is 1. The number of hydrogen-bond acceptors (Lipinski definition) is 4. The van der Waals surface area contributed by atoms with Crippen LogP contribution < -0.4 is 15.4 Å². The second-order valence-corrected chi connectivity index (χ2v) is 6.56. The van der Waals surface area contributed by atoms with Crippen molar-refractivity contribution in [3.05, 3.63) is 57.5 Å². The van der Waals surface area contributed by atoms with E-state index in [0.29, 0.717) is 30.2 Å². The highest BCUT2D eigenvalue weighted by atomic mass is 79.9. The minimum Gasteiger partial charge on any atom is -0.484 e. The standard InChI is InChI=1S/C18H18BrClN2O4/c1-25-9-8-21-18(24)15-7-4-13(10-16(15)20)22-17(23)11-26-14-5-2-12(19)3-6-14/h2-7,10H,8-9,11H2,1H3,(H,21,24)(H,22,23). The molecule has 2 aromatic carbocycles. The monoisotopic (exact) mass is 440 g/mol. The molecule has 0 aliphatic carbocycles. The third-order valence-corrected chi connectivity index (χ3v) is 4.11. The normalized spacial score (nSPS) is 10.3. The van der Waals surface area contributed by atoms with Crippen molar-refractivity contribution in [2.24, 2.45) is 0 Å². The number of halogens is 2. The van der Waals surface area contributed by atoms with Gasteiger partial charge in [-0.25, -0.2) is 0 Å². The number of amides is 2. The largest absolute Gasteiger partial charge is 0.484 e. The van der Waals surface area contributed by atoms with Gasteiger partial charge in [0.25, 0.3) is 11.8 Å². The minimum absolute atomic E-state index is 0.140. The van der Waals surface area contributed by atoms with Crippen LogP contribution in [0.25, 0.3) is 0 Å². The van der Waals surface area contributed by atoms with Crippen molar-refractivity contribution in [3.8, 4) is 5.75 Å². The third kappa shape index (κ3) is 6.33. The smallest absolute Gasteiger partial charge is 0.262 e. The molecule has 2 rings (SSSR count). The molecule has 0 saturated carbocycles. The topological polar surface area (TPSA) is 76.7 Å². The van der Waals surface area contributed by atoms with Crippen molar-refractivity contribution in [2.45, 2.75) is 0 Å². The third-order valence-electron chi connectivity index (χ3n) is 3.27. The second kappa shape index (κ2) is 10.2. The highest BCUT2D eigenvalue weighted by molar-refractivity contribution is 9.10. The maximum Gasteiger partial charge on any atom is 0.262 e. The molecule has 2 N–H and O–H groups in total. The van der Waals surface area contributed by atoms with Crippen molar-refractivity contribution in [1.82, 2.24) is 5.32 Å². The highest BCUT2D eigenvalue weighted by Gasteiger charge is 2.12. The molecule has 0 bridgehead atoms. The summed E-state index contributed by atoms with van der Waals surface area (Å²) in [4.78, 5) is 24.0. The van der Waals surface area contributed by atoms with E-state index in [4.69, 9.17) is 21.1 Å². The molecule has 2 amide bonds. The molecular weight excluding hydrogens is 424 g/mol. The average Bonchev–Trinajstić information content (AvgIpc) is 2.61. The lowest BCUT2D eigenvalue weighted by Crippen LogP contribution is -2.27. The van der Waals surface area contributed by atoms with Crippen molar-refractivity contribution in [1.29, 1.82) is 0 Å². The van der Waals surface area contributed by atoms with Gasteiger partial charge in [0.05, 0.1) is 17.2 Å². The van der Waals surface area contributed by atoms with Crippen LogP contribution in [0.3, 0.4) is 0 Å². The van der Waals surface area contributed by atoms with E-state index in [2.05, 4.69) is 26.6 Å². The highest BCUT2D eigenvalue weighted by Crippen LogP contribution is 2.21. The van der Waals surface area contributed by atoms with Crippen LogP contribution in [0.4, 0.5) is 5.69 Å². The van der Waals surface area contributed by atoms with Crippen LogP contribution in [0.2, 0.25) is 5.02 Å². The summed E-state index contributed by atoms with van der Waals surface area (Å²) >= 11 is 9.46. The zero-order valence-electron chi connectivity index (χ0n) is 14.1. The van der Waals surface area contributed by atoms with E-state index >= 15 is 0 Å². The van der Waals surface area contributed by atoms with Gasteiger partial charge in [0.2, 0.25) is 0 Å². The van der Waals surface area contributed by atoms with Gasteiger partial charge in [0, 0.05) is 23.8 Å². The average molecular weight is 442 g/mol. The van der Waals surface area contributed by atoms with Crippen LogP contribution in [0.1, 0.15) is 10.4 Å². The number of rotatable bonds is 8. The van der Waals surface area contributed by atoms with E-state index in [1.807, 2.05) is 12.1 Å². The van der Waals surface area contributed by atoms with Gasteiger partial charge in [-0.15, -0.1) is 0 Å². The first kappa shape index (κ1) is 20.2. The molecule has 2 aromatic rings. The van der Waals surface area contributed by atoms with Crippen molar-refractivity contribution < 1.29 is 19.1 Å². The molecule has 0 unspecified atom stereocenters. The van der Waals surface area contributed by atoms with Crippen molar-refractivity contribution in [2.75, 3.05) is 32.2 Å². The molecule has 0 spiro atoms. The van der Waals surface area contributed by atoms with Crippen LogP contribution in [0.5, 0.6) is 5.75 Å². The first-order chi connectivity index (χ1) is 12.5. The fourth-order valence-electron chi connectivity index (χ4n) is 2.02. The molecule has 0 atom stereocenters. The van der Waals surface area contributed by atoms with Crippen LogP contribution in [-0.4, -0.2) is 38.7 Å². The Hall–Kier alpha value is -2.09. The Balaban J connectivity index is 1.88. The molecule has 8 heteroatoms. The number of hydrogen-bond donors (Lipinski definition) is 2. The Morgan fingerprint density at radius 3 is 2.54 bits per heavy atom. The van der Waals surface area contributed by atoms with Gasteiger partial charge in [0.15, 0.2) is 6.61 Å². The summed E-state index contributed by atoms with van der Waals surface area (Å²) in [5.41, 5.74) is 0.805. The molecule has 6 nitrogen and oxygen atoms in total. The van der Waals surface area contributed by atoms with E-state index < -0.39 is 0 Å². The van der Waals surface area contributed by atoms with Crippen LogP contribution in [0, 0.1) is 0 Å². The molecule has 26 heavy (non-hydrogen) atoms. The summed E-state index contributed by atoms with van der Waals surface area (Å²) in [5, 5.41) is 5.60. The van der Waals surface area contributed by atoms with Crippen LogP contribution in [0.15, 0.2) is 46.9 Å². The predicted molar refractivity (Wildman–Crippen MR) is 104 cm³/mol. The minimum atomic E-state index is -0.332. The molecule has 0 saturated heterocycles. The lowest BCUT2D eigenvalue weighted by atomic mass is 10.2. The molecule has 0 heterocycles. The summed E-state index contributed by atoms with van der Waals surface area (Å²) in [7, 11) is 1.55. The Morgan fingerprint density at radius 1 is 1.15 bits per heavy atom. The van der Waals surface area contributed by atoms with Crippen LogP contribution >= 0.6 is 27.5 Å². The maximum absolute atomic E-state index is 12.0. The van der Waals surface area contributed by atoms with Gasteiger partial charge < -0.3 is 20.1 Å². The Kier molecular flexibility index (Phi) is 7.90. The fourth-order valence-corrected chi connectivity index (χ4v) is 2.55. The lowest BCUT2D eigenvalue weighted by molar-refractivity contribution is -0.118. The molecule has 0 radical (unpaired) electrons. The summed E-state index contributed by atoms with van der Waals surface area (Å²) in [5.74, 6) is -0.0470. The maximum atomic E-state index is 12.0. The zero-order chi connectivity index (χ0) is 18.9. The molecular formula is C18H18BrClN2O4. The Labute approximate surface area is 164 Å². The van der Waals surface area contributed by atoms with Crippen LogP contribution in [-0.2, 0) is 9.53 Å². The predicted octanol–water partition coefficient (Wildman–Crippen LogP) is 3.50. The number of carbonyl (C=O) groups excluding carboxylic acids is 2. The SMILES string of the molecule is COCCNC(=O)c1ccc(NC(=O)COc2ccc(Br)cc2)cc1Cl. The van der Waals surface area contributed by atoms with Crippen molar-refractivity contribution in [3.63, 3.8) is 0 Å². The van der Waals surface area contributed by atoms with Gasteiger partial charge in [-0.05, 0) is 42.5 Å². The first-order valence-corrected chi connectivity index (χ1v) is 8.91. The molecule has 0 aliphatic heterocycles. The number of nitrogens with one attached hydrogen (secondary N) is 2. The van der Waals surface area contributed by atoms with E-state index in [9.17, 15) is 9.59 Å². The number of anilines is 1. The van der Waals surface area contributed by atoms with Gasteiger partial charge >= 0.3 is 0 Å². The van der Waals surface area contributed by atoms with E-state index in [-0.39, 0.29) is 23.4 Å². The molecule has 0 aliphatic rings. The lowest BCUT2D eigenvalue weighted by Gasteiger charge is -2.10. The summed E-state index contributed by atoms with van der Waals surface area (Å²) < 4.78 is 11.2. The Morgan fingerprint density at radius 2 is 1.88 bits per heavy atom. The Bertz CT molecular complexity index is 768. The number of ether oxygens (including phenoxy) is 2. The van der Waals surface area contributed by atoms with E-state index in [1.165, 1.54) is 6.07 Å². The van der Waals surface area contributed by atoms with Gasteiger partial charge in [-0.2, -0.15) is 0 Å². The van der Waals surface area contributed by atoms with Gasteiger partial charge in [-0.3, -0.25) is 9.59 Å². The van der Waals surface area contributed by atoms with E-state index in [1.54, 1.807) is 31.4 Å². The quantitative estimate of drug-likeness (QED) is 0.615. The summed E-state index contributed by atoms with van der Waals surface area (Å²) in [6.07, 6.45) is 0. The molecule has 0 fully saturated rings. The fraction of sp³-hybridized carbons (Fsp3) is 0.222. The summed E-state index contributed by atoms with van der Waals surface area (Å²) in [6, 6.07) is 11.8. The van der Waals surface area contributed by atoms with Gasteiger partial charge in [-0.1, -0.05) is 27.5 Å². The second-order valence-electron chi connectivity index (χ2n) is 5.23. The summed E-state index contributed by atoms with van der Waals surface area (Å²) in [6.45, 7) is 0.659. The van der Waals surface area contributed by atoms with Gasteiger partial charge in [0.1, 0.15) is 5.75 Å². The number of benzene rings is 2. The van der Waals surface area contributed by atoms with Crippen molar-refractivity contribution >= 4 is 45.0 Å². The zero-order valence-corrected chi connectivity index (χ0v) is 16.4.